The number of amides is 1. The number of aryl methyl sites for hydroxylation is 3. The monoisotopic (exact) mass is 257 g/mol. The molecule has 1 aromatic rings. The molecule has 3 rings (SSSR count). The van der Waals surface area contributed by atoms with E-state index < -0.39 is 0 Å². The van der Waals surface area contributed by atoms with Gasteiger partial charge in [0.25, 0.3) is 0 Å². The fraction of sp³-hybridized carbons (Fsp3) is 0.588. The molecule has 2 aliphatic carbocycles. The Kier molecular flexibility index (Phi) is 3.12. The number of hydrogen-bond donors (Lipinski definition) is 1. The van der Waals surface area contributed by atoms with Crippen LogP contribution in [0.5, 0.6) is 0 Å². The molecule has 1 N–H and O–H groups in total. The van der Waals surface area contributed by atoms with Gasteiger partial charge in [0.05, 0.1) is 0 Å². The maximum absolute atomic E-state index is 12.5. The molecule has 2 nitrogen and oxygen atoms in total. The van der Waals surface area contributed by atoms with Crippen molar-refractivity contribution in [2.75, 3.05) is 5.32 Å². The van der Waals surface area contributed by atoms with Crippen molar-refractivity contribution in [2.45, 2.75) is 46.5 Å². The number of fused-ring (bicyclic) bond motifs is 2. The van der Waals surface area contributed by atoms with E-state index >= 15 is 0 Å². The first-order valence-electron chi connectivity index (χ1n) is 7.43. The third-order valence-electron chi connectivity index (χ3n) is 5.00. The second kappa shape index (κ2) is 4.66. The summed E-state index contributed by atoms with van der Waals surface area (Å²) in [4.78, 5) is 12.5. The van der Waals surface area contributed by atoms with Crippen LogP contribution < -0.4 is 5.32 Å². The fourth-order valence-electron chi connectivity index (χ4n) is 4.16. The normalized spacial score (nSPS) is 28.7. The predicted octanol–water partition coefficient (Wildman–Crippen LogP) is 3.99. The Balaban J connectivity index is 1.77. The summed E-state index contributed by atoms with van der Waals surface area (Å²) in [5.41, 5.74) is 4.63. The quantitative estimate of drug-likeness (QED) is 0.853. The summed E-state index contributed by atoms with van der Waals surface area (Å²) < 4.78 is 0. The first-order chi connectivity index (χ1) is 9.04. The minimum atomic E-state index is 0.252. The van der Waals surface area contributed by atoms with Crippen molar-refractivity contribution in [3.63, 3.8) is 0 Å². The number of carbonyl (C=O) groups is 1. The molecule has 2 heteroatoms. The maximum atomic E-state index is 12.5. The van der Waals surface area contributed by atoms with Gasteiger partial charge in [0.15, 0.2) is 0 Å². The molecular weight excluding hydrogens is 234 g/mol. The summed E-state index contributed by atoms with van der Waals surface area (Å²) in [6.07, 6.45) is 5.00. The summed E-state index contributed by atoms with van der Waals surface area (Å²) in [6.45, 7) is 6.26. The van der Waals surface area contributed by atoms with Gasteiger partial charge in [-0.15, -0.1) is 0 Å². The topological polar surface area (TPSA) is 29.1 Å². The van der Waals surface area contributed by atoms with Gasteiger partial charge in [0, 0.05) is 11.6 Å². The molecule has 2 bridgehead atoms. The molecule has 0 aromatic heterocycles. The molecule has 0 radical (unpaired) electrons. The highest BCUT2D eigenvalue weighted by molar-refractivity contribution is 5.94. The van der Waals surface area contributed by atoms with Crippen molar-refractivity contribution in [1.29, 1.82) is 0 Å². The predicted molar refractivity (Wildman–Crippen MR) is 78.2 cm³/mol. The molecule has 0 aliphatic heterocycles. The highest BCUT2D eigenvalue weighted by Gasteiger charge is 2.43. The fourth-order valence-corrected chi connectivity index (χ4v) is 4.16. The molecule has 3 unspecified atom stereocenters. The Morgan fingerprint density at radius 3 is 2.32 bits per heavy atom. The Morgan fingerprint density at radius 1 is 1.11 bits per heavy atom. The van der Waals surface area contributed by atoms with Crippen LogP contribution in [0.2, 0.25) is 0 Å². The lowest BCUT2D eigenvalue weighted by molar-refractivity contribution is -0.121. The van der Waals surface area contributed by atoms with E-state index in [4.69, 9.17) is 0 Å². The van der Waals surface area contributed by atoms with E-state index in [2.05, 4.69) is 38.2 Å². The lowest BCUT2D eigenvalue weighted by Crippen LogP contribution is -2.27. The summed E-state index contributed by atoms with van der Waals surface area (Å²) >= 11 is 0. The van der Waals surface area contributed by atoms with Crippen molar-refractivity contribution < 1.29 is 4.79 Å². The zero-order chi connectivity index (χ0) is 13.6. The van der Waals surface area contributed by atoms with Gasteiger partial charge in [0.2, 0.25) is 5.91 Å². The smallest absolute Gasteiger partial charge is 0.227 e. The van der Waals surface area contributed by atoms with E-state index in [-0.39, 0.29) is 11.8 Å². The SMILES string of the molecule is Cc1cc(C)c(NC(=O)C2CC3CCC2C3)c(C)c1. The van der Waals surface area contributed by atoms with Crippen LogP contribution in [0, 0.1) is 38.5 Å². The van der Waals surface area contributed by atoms with Gasteiger partial charge in [0.1, 0.15) is 0 Å². The molecule has 3 atom stereocenters. The van der Waals surface area contributed by atoms with Crippen molar-refractivity contribution in [3.8, 4) is 0 Å². The van der Waals surface area contributed by atoms with Gasteiger partial charge in [-0.05, 0) is 63.0 Å². The molecule has 1 amide bonds. The lowest BCUT2D eigenvalue weighted by atomic mass is 9.88. The van der Waals surface area contributed by atoms with E-state index in [1.54, 1.807) is 0 Å². The zero-order valence-corrected chi connectivity index (χ0v) is 12.1. The Bertz CT molecular complexity index is 497. The van der Waals surface area contributed by atoms with Gasteiger partial charge in [-0.2, -0.15) is 0 Å². The molecule has 2 saturated carbocycles. The van der Waals surface area contributed by atoms with E-state index in [1.165, 1.54) is 36.0 Å². The van der Waals surface area contributed by atoms with Gasteiger partial charge >= 0.3 is 0 Å². The molecule has 2 fully saturated rings. The number of anilines is 1. The van der Waals surface area contributed by atoms with Crippen LogP contribution in [0.1, 0.15) is 42.4 Å². The van der Waals surface area contributed by atoms with E-state index in [1.807, 2.05) is 0 Å². The van der Waals surface area contributed by atoms with Crippen LogP contribution in [0.25, 0.3) is 0 Å². The van der Waals surface area contributed by atoms with Crippen LogP contribution in [-0.2, 0) is 4.79 Å². The van der Waals surface area contributed by atoms with Gasteiger partial charge in [-0.25, -0.2) is 0 Å². The summed E-state index contributed by atoms with van der Waals surface area (Å²) in [6, 6.07) is 4.28. The number of nitrogens with one attached hydrogen (secondary N) is 1. The molecular formula is C17H23NO. The third kappa shape index (κ3) is 2.29. The molecule has 0 spiro atoms. The van der Waals surface area contributed by atoms with E-state index in [9.17, 15) is 4.79 Å². The summed E-state index contributed by atoms with van der Waals surface area (Å²) in [5, 5.41) is 3.19. The van der Waals surface area contributed by atoms with Crippen molar-refractivity contribution in [1.82, 2.24) is 0 Å². The Labute approximate surface area is 115 Å². The standard InChI is InChI=1S/C17H23NO/c1-10-6-11(2)16(12(3)7-10)18-17(19)15-9-13-4-5-14(15)8-13/h6-7,13-15H,4-5,8-9H2,1-3H3,(H,18,19). The molecule has 2 aliphatic rings. The first kappa shape index (κ1) is 12.7. The number of rotatable bonds is 2. The molecule has 1 aromatic carbocycles. The average Bonchev–Trinajstić information content (AvgIpc) is 2.95. The van der Waals surface area contributed by atoms with Crippen molar-refractivity contribution in [3.05, 3.63) is 28.8 Å². The van der Waals surface area contributed by atoms with Crippen molar-refractivity contribution >= 4 is 11.6 Å². The molecule has 19 heavy (non-hydrogen) atoms. The van der Waals surface area contributed by atoms with Gasteiger partial charge < -0.3 is 5.32 Å². The zero-order valence-electron chi connectivity index (χ0n) is 12.1. The first-order valence-corrected chi connectivity index (χ1v) is 7.43. The second-order valence-corrected chi connectivity index (χ2v) is 6.54. The highest BCUT2D eigenvalue weighted by Crippen LogP contribution is 2.48. The summed E-state index contributed by atoms with van der Waals surface area (Å²) in [5.74, 6) is 1.98. The van der Waals surface area contributed by atoms with Crippen LogP contribution in [0.15, 0.2) is 12.1 Å². The number of hydrogen-bond acceptors (Lipinski definition) is 1. The molecule has 102 valence electrons. The van der Waals surface area contributed by atoms with Crippen LogP contribution in [0.3, 0.4) is 0 Å². The Hall–Kier alpha value is -1.31. The van der Waals surface area contributed by atoms with Crippen molar-refractivity contribution in [2.24, 2.45) is 17.8 Å². The van der Waals surface area contributed by atoms with Crippen LogP contribution in [0.4, 0.5) is 5.69 Å². The van der Waals surface area contributed by atoms with Crippen LogP contribution in [-0.4, -0.2) is 5.91 Å². The van der Waals surface area contributed by atoms with Gasteiger partial charge in [-0.3, -0.25) is 4.79 Å². The van der Waals surface area contributed by atoms with E-state index in [0.29, 0.717) is 5.92 Å². The van der Waals surface area contributed by atoms with Gasteiger partial charge in [-0.1, -0.05) is 24.1 Å². The summed E-state index contributed by atoms with van der Waals surface area (Å²) in [7, 11) is 0. The Morgan fingerprint density at radius 2 is 1.79 bits per heavy atom. The molecule has 0 saturated heterocycles. The lowest BCUT2D eigenvalue weighted by Gasteiger charge is -2.22. The van der Waals surface area contributed by atoms with Crippen LogP contribution >= 0.6 is 0 Å². The number of benzene rings is 1. The van der Waals surface area contributed by atoms with E-state index in [0.717, 1.165) is 18.0 Å². The third-order valence-corrected chi connectivity index (χ3v) is 5.00. The second-order valence-electron chi connectivity index (χ2n) is 6.54. The minimum absolute atomic E-state index is 0.252. The largest absolute Gasteiger partial charge is 0.325 e. The average molecular weight is 257 g/mol. The maximum Gasteiger partial charge on any atom is 0.227 e. The number of carbonyl (C=O) groups excluding carboxylic acids is 1. The minimum Gasteiger partial charge on any atom is -0.325 e. The highest BCUT2D eigenvalue weighted by atomic mass is 16.1. The molecule has 0 heterocycles.